The summed E-state index contributed by atoms with van der Waals surface area (Å²) in [6, 6.07) is 2.32. The minimum Gasteiger partial charge on any atom is -0.379 e. The number of aromatic nitrogens is 2. The zero-order valence-electron chi connectivity index (χ0n) is 13.6. The lowest BCUT2D eigenvalue weighted by Crippen LogP contribution is -2.50. The van der Waals surface area contributed by atoms with Gasteiger partial charge >= 0.3 is 0 Å². The first-order valence-electron chi connectivity index (χ1n) is 8.20. The van der Waals surface area contributed by atoms with Crippen molar-refractivity contribution in [2.45, 2.75) is 64.0 Å². The molecule has 0 spiro atoms. The number of rotatable bonds is 7. The first kappa shape index (κ1) is 16.5. The Bertz CT molecular complexity index is 426. The lowest BCUT2D eigenvalue weighted by Gasteiger charge is -2.34. The second kappa shape index (κ2) is 7.92. The van der Waals surface area contributed by atoms with Crippen molar-refractivity contribution in [3.05, 3.63) is 17.5 Å². The maximum Gasteiger partial charge on any atom is 0.0769 e. The molecule has 1 aliphatic carbocycles. The average molecular weight is 294 g/mol. The second-order valence-electron chi connectivity index (χ2n) is 6.18. The molecule has 0 radical (unpaired) electrons. The predicted molar refractivity (Wildman–Crippen MR) is 84.8 cm³/mol. The van der Waals surface area contributed by atoms with E-state index >= 15 is 0 Å². The van der Waals surface area contributed by atoms with Crippen molar-refractivity contribution in [3.63, 3.8) is 0 Å². The molecule has 1 aromatic rings. The van der Waals surface area contributed by atoms with E-state index in [0.29, 0.717) is 5.92 Å². The van der Waals surface area contributed by atoms with Gasteiger partial charge in [-0.15, -0.1) is 0 Å². The molecule has 2 unspecified atom stereocenters. The second-order valence-corrected chi connectivity index (χ2v) is 6.18. The van der Waals surface area contributed by atoms with Gasteiger partial charge in [-0.2, -0.15) is 5.10 Å². The molecule has 21 heavy (non-hydrogen) atoms. The fourth-order valence-corrected chi connectivity index (χ4v) is 3.58. The summed E-state index contributed by atoms with van der Waals surface area (Å²) in [6.45, 7) is 2.13. The number of nitrogens with two attached hydrogens (primary N) is 1. The van der Waals surface area contributed by atoms with Crippen molar-refractivity contribution in [1.82, 2.24) is 15.2 Å². The van der Waals surface area contributed by atoms with Crippen molar-refractivity contribution >= 4 is 0 Å². The Hall–Kier alpha value is -0.910. The van der Waals surface area contributed by atoms with Crippen LogP contribution in [0.1, 0.15) is 50.4 Å². The number of hydrazine groups is 1. The molecule has 1 fully saturated rings. The van der Waals surface area contributed by atoms with Crippen LogP contribution in [0, 0.1) is 5.92 Å². The summed E-state index contributed by atoms with van der Waals surface area (Å²) in [5.41, 5.74) is 5.34. The van der Waals surface area contributed by atoms with Crippen LogP contribution >= 0.6 is 0 Å². The van der Waals surface area contributed by atoms with Crippen molar-refractivity contribution in [2.75, 3.05) is 7.11 Å². The van der Waals surface area contributed by atoms with E-state index in [1.54, 1.807) is 0 Å². The summed E-state index contributed by atoms with van der Waals surface area (Å²) < 4.78 is 7.78. The molecule has 1 heterocycles. The average Bonchev–Trinajstić information content (AvgIpc) is 2.88. The number of hydrogen-bond acceptors (Lipinski definition) is 4. The molecule has 120 valence electrons. The van der Waals surface area contributed by atoms with Gasteiger partial charge < -0.3 is 4.74 Å². The molecule has 0 aromatic carbocycles. The number of hydrogen-bond donors (Lipinski definition) is 2. The minimum atomic E-state index is 0.137. The number of methoxy groups -OCH3 is 1. The van der Waals surface area contributed by atoms with E-state index in [0.717, 1.165) is 18.5 Å². The normalized spacial score (nSPS) is 19.6. The SMILES string of the molecule is CCc1cc(CC(NN)C(OC)C2CCCCC2)n(C)n1. The van der Waals surface area contributed by atoms with E-state index in [4.69, 9.17) is 10.6 Å². The third-order valence-corrected chi connectivity index (χ3v) is 4.82. The lowest BCUT2D eigenvalue weighted by molar-refractivity contribution is 0.00786. The van der Waals surface area contributed by atoms with Crippen molar-refractivity contribution in [1.29, 1.82) is 0 Å². The standard InChI is InChI=1S/C16H30N4O/c1-4-13-10-14(20(2)19-13)11-15(18-17)16(21-3)12-8-6-5-7-9-12/h10,12,15-16,18H,4-9,11,17H2,1-3H3. The first-order chi connectivity index (χ1) is 10.2. The highest BCUT2D eigenvalue weighted by molar-refractivity contribution is 5.12. The van der Waals surface area contributed by atoms with Gasteiger partial charge in [0.05, 0.1) is 17.8 Å². The number of aryl methyl sites for hydroxylation is 2. The highest BCUT2D eigenvalue weighted by Crippen LogP contribution is 2.30. The van der Waals surface area contributed by atoms with Crippen LogP contribution in [-0.2, 0) is 24.6 Å². The maximum atomic E-state index is 5.83. The third kappa shape index (κ3) is 4.05. The van der Waals surface area contributed by atoms with Crippen LogP contribution in [-0.4, -0.2) is 29.0 Å². The Morgan fingerprint density at radius 3 is 2.67 bits per heavy atom. The number of nitrogens with one attached hydrogen (secondary N) is 1. The molecule has 0 aliphatic heterocycles. The van der Waals surface area contributed by atoms with Gasteiger partial charge in [-0.25, -0.2) is 0 Å². The summed E-state index contributed by atoms with van der Waals surface area (Å²) in [4.78, 5) is 0. The molecule has 2 atom stereocenters. The van der Waals surface area contributed by atoms with E-state index in [1.807, 2.05) is 18.8 Å². The van der Waals surface area contributed by atoms with Crippen molar-refractivity contribution in [2.24, 2.45) is 18.8 Å². The Labute approximate surface area is 128 Å². The zero-order chi connectivity index (χ0) is 15.2. The Morgan fingerprint density at radius 1 is 1.43 bits per heavy atom. The van der Waals surface area contributed by atoms with Crippen LogP contribution in [0.5, 0.6) is 0 Å². The van der Waals surface area contributed by atoms with E-state index in [1.165, 1.54) is 37.8 Å². The quantitative estimate of drug-likeness (QED) is 0.596. The van der Waals surface area contributed by atoms with Crippen LogP contribution in [0.2, 0.25) is 0 Å². The fraction of sp³-hybridized carbons (Fsp3) is 0.812. The molecule has 1 aliphatic rings. The fourth-order valence-electron chi connectivity index (χ4n) is 3.58. The van der Waals surface area contributed by atoms with Gasteiger partial charge in [-0.05, 0) is 31.2 Å². The summed E-state index contributed by atoms with van der Waals surface area (Å²) in [6.07, 6.45) is 8.48. The topological polar surface area (TPSA) is 65.1 Å². The highest BCUT2D eigenvalue weighted by Gasteiger charge is 2.30. The van der Waals surface area contributed by atoms with Gasteiger partial charge in [0.25, 0.3) is 0 Å². The molecule has 3 N–H and O–H groups in total. The van der Waals surface area contributed by atoms with Gasteiger partial charge in [0.1, 0.15) is 0 Å². The molecule has 0 saturated heterocycles. The summed E-state index contributed by atoms with van der Waals surface area (Å²) in [5.74, 6) is 6.45. The monoisotopic (exact) mass is 294 g/mol. The largest absolute Gasteiger partial charge is 0.379 e. The molecule has 1 saturated carbocycles. The van der Waals surface area contributed by atoms with Gasteiger partial charge in [0.15, 0.2) is 0 Å². The first-order valence-corrected chi connectivity index (χ1v) is 8.20. The van der Waals surface area contributed by atoms with Gasteiger partial charge in [0.2, 0.25) is 0 Å². The van der Waals surface area contributed by atoms with Crippen LogP contribution in [0.25, 0.3) is 0 Å². The Kier molecular flexibility index (Phi) is 6.21. The molecule has 5 nitrogen and oxygen atoms in total. The van der Waals surface area contributed by atoms with Crippen LogP contribution in [0.4, 0.5) is 0 Å². The van der Waals surface area contributed by atoms with Gasteiger partial charge in [-0.3, -0.25) is 16.0 Å². The smallest absolute Gasteiger partial charge is 0.0769 e. The molecule has 2 rings (SSSR count). The Balaban J connectivity index is 2.07. The van der Waals surface area contributed by atoms with Gasteiger partial charge in [0, 0.05) is 26.3 Å². The van der Waals surface area contributed by atoms with Crippen LogP contribution < -0.4 is 11.3 Å². The van der Waals surface area contributed by atoms with E-state index in [-0.39, 0.29) is 12.1 Å². The summed E-state index contributed by atoms with van der Waals surface area (Å²) in [7, 11) is 3.81. The van der Waals surface area contributed by atoms with E-state index in [9.17, 15) is 0 Å². The molecular formula is C16H30N4O. The number of ether oxygens (including phenoxy) is 1. The Morgan fingerprint density at radius 2 is 2.14 bits per heavy atom. The number of nitrogens with zero attached hydrogens (tertiary/aromatic N) is 2. The molecule has 0 amide bonds. The molecular weight excluding hydrogens is 264 g/mol. The third-order valence-electron chi connectivity index (χ3n) is 4.82. The molecule has 5 heteroatoms. The van der Waals surface area contributed by atoms with E-state index in [2.05, 4.69) is 23.5 Å². The van der Waals surface area contributed by atoms with Crippen molar-refractivity contribution < 1.29 is 4.74 Å². The minimum absolute atomic E-state index is 0.137. The zero-order valence-corrected chi connectivity index (χ0v) is 13.6. The predicted octanol–water partition coefficient (Wildman–Crippen LogP) is 1.95. The summed E-state index contributed by atoms with van der Waals surface area (Å²) >= 11 is 0. The lowest BCUT2D eigenvalue weighted by atomic mass is 9.81. The van der Waals surface area contributed by atoms with Crippen LogP contribution in [0.3, 0.4) is 0 Å². The van der Waals surface area contributed by atoms with Crippen LogP contribution in [0.15, 0.2) is 6.07 Å². The highest BCUT2D eigenvalue weighted by atomic mass is 16.5. The van der Waals surface area contributed by atoms with Crippen molar-refractivity contribution in [3.8, 4) is 0 Å². The summed E-state index contributed by atoms with van der Waals surface area (Å²) in [5, 5.41) is 4.52. The molecule has 0 bridgehead atoms. The van der Waals surface area contributed by atoms with Gasteiger partial charge in [-0.1, -0.05) is 26.2 Å². The molecule has 1 aromatic heterocycles. The van der Waals surface area contributed by atoms with E-state index < -0.39 is 0 Å². The maximum absolute atomic E-state index is 5.83.